The van der Waals surface area contributed by atoms with Crippen molar-refractivity contribution in [1.82, 2.24) is 5.43 Å². The lowest BCUT2D eigenvalue weighted by Gasteiger charge is -2.06. The standard InChI is InChI=1S/C21H14ClIN2O3/c22-18-7-3-1-5-16(18)20(26)25-24-13-14-9-11-15(12-10-14)28-21(27)17-6-2-4-8-19(17)23/h1-13H,(H,25,26)/b24-13-. The molecule has 140 valence electrons. The number of halogens is 2. The Morgan fingerprint density at radius 3 is 2.25 bits per heavy atom. The van der Waals surface area contributed by atoms with Gasteiger partial charge in [-0.15, -0.1) is 0 Å². The van der Waals surface area contributed by atoms with E-state index >= 15 is 0 Å². The van der Waals surface area contributed by atoms with Gasteiger partial charge >= 0.3 is 5.97 Å². The van der Waals surface area contributed by atoms with Crippen molar-refractivity contribution in [3.63, 3.8) is 0 Å². The van der Waals surface area contributed by atoms with Gasteiger partial charge in [-0.25, -0.2) is 10.2 Å². The van der Waals surface area contributed by atoms with Crippen molar-refractivity contribution in [2.24, 2.45) is 5.10 Å². The minimum atomic E-state index is -0.418. The molecule has 3 rings (SSSR count). The van der Waals surface area contributed by atoms with E-state index in [9.17, 15) is 9.59 Å². The summed E-state index contributed by atoms with van der Waals surface area (Å²) in [5.74, 6) is -0.398. The fraction of sp³-hybridized carbons (Fsp3) is 0. The maximum Gasteiger partial charge on any atom is 0.344 e. The number of nitrogens with zero attached hydrogens (tertiary/aromatic N) is 1. The van der Waals surface area contributed by atoms with Gasteiger partial charge in [0.1, 0.15) is 5.75 Å². The molecule has 5 nitrogen and oxygen atoms in total. The maximum absolute atomic E-state index is 12.2. The van der Waals surface area contributed by atoms with Gasteiger partial charge < -0.3 is 4.74 Å². The second-order valence-corrected chi connectivity index (χ2v) is 7.19. The van der Waals surface area contributed by atoms with Gasteiger partial charge in [-0.1, -0.05) is 35.9 Å². The van der Waals surface area contributed by atoms with Crippen LogP contribution in [0.15, 0.2) is 77.9 Å². The Labute approximate surface area is 180 Å². The summed E-state index contributed by atoms with van der Waals surface area (Å²) >= 11 is 8.06. The van der Waals surface area contributed by atoms with Crippen molar-refractivity contribution in [2.75, 3.05) is 0 Å². The Morgan fingerprint density at radius 2 is 1.57 bits per heavy atom. The monoisotopic (exact) mass is 504 g/mol. The summed E-state index contributed by atoms with van der Waals surface area (Å²) in [6.45, 7) is 0. The number of esters is 1. The molecule has 0 spiro atoms. The van der Waals surface area contributed by atoms with Crippen LogP contribution in [0.1, 0.15) is 26.3 Å². The smallest absolute Gasteiger partial charge is 0.344 e. The third-order valence-corrected chi connectivity index (χ3v) is 4.95. The van der Waals surface area contributed by atoms with E-state index in [4.69, 9.17) is 16.3 Å². The van der Waals surface area contributed by atoms with Crippen molar-refractivity contribution < 1.29 is 14.3 Å². The van der Waals surface area contributed by atoms with Gasteiger partial charge in [0.05, 0.1) is 22.4 Å². The minimum absolute atomic E-state index is 0.346. The van der Waals surface area contributed by atoms with E-state index in [2.05, 4.69) is 33.1 Å². The van der Waals surface area contributed by atoms with Gasteiger partial charge in [0, 0.05) is 3.57 Å². The summed E-state index contributed by atoms with van der Waals surface area (Å²) in [5, 5.41) is 4.27. The Bertz CT molecular complexity index is 1040. The molecular weight excluding hydrogens is 491 g/mol. The highest BCUT2D eigenvalue weighted by atomic mass is 127. The van der Waals surface area contributed by atoms with Crippen LogP contribution < -0.4 is 10.2 Å². The third kappa shape index (κ3) is 5.17. The van der Waals surface area contributed by atoms with E-state index in [1.807, 2.05) is 12.1 Å². The van der Waals surface area contributed by atoms with Crippen molar-refractivity contribution in [3.05, 3.63) is 98.1 Å². The van der Waals surface area contributed by atoms with E-state index in [-0.39, 0.29) is 0 Å². The fourth-order valence-corrected chi connectivity index (χ4v) is 3.11. The molecule has 1 amide bonds. The quantitative estimate of drug-likeness (QED) is 0.176. The van der Waals surface area contributed by atoms with Crippen LogP contribution in [-0.2, 0) is 0 Å². The molecule has 0 saturated heterocycles. The molecule has 0 saturated carbocycles. The van der Waals surface area contributed by atoms with Crippen molar-refractivity contribution in [3.8, 4) is 5.75 Å². The number of amides is 1. The summed E-state index contributed by atoms with van der Waals surface area (Å²) in [6.07, 6.45) is 1.49. The van der Waals surface area contributed by atoms with Crippen molar-refractivity contribution >= 4 is 52.3 Å². The van der Waals surface area contributed by atoms with Crippen molar-refractivity contribution in [1.29, 1.82) is 0 Å². The van der Waals surface area contributed by atoms with Crippen LogP contribution in [0.25, 0.3) is 0 Å². The van der Waals surface area contributed by atoms with Gasteiger partial charge in [-0.2, -0.15) is 5.10 Å². The Morgan fingerprint density at radius 1 is 0.929 bits per heavy atom. The van der Waals surface area contributed by atoms with Gasteiger partial charge in [-0.3, -0.25) is 4.79 Å². The van der Waals surface area contributed by atoms with Crippen LogP contribution >= 0.6 is 34.2 Å². The molecule has 7 heteroatoms. The number of benzene rings is 3. The predicted octanol–water partition coefficient (Wildman–Crippen LogP) is 4.93. The lowest BCUT2D eigenvalue weighted by Crippen LogP contribution is -2.17. The second kappa shape index (κ2) is 9.48. The third-order valence-electron chi connectivity index (χ3n) is 3.68. The summed E-state index contributed by atoms with van der Waals surface area (Å²) in [4.78, 5) is 24.2. The maximum atomic E-state index is 12.2. The molecule has 3 aromatic carbocycles. The van der Waals surface area contributed by atoms with Gasteiger partial charge in [0.15, 0.2) is 0 Å². The molecule has 28 heavy (non-hydrogen) atoms. The molecule has 0 aromatic heterocycles. The first-order valence-corrected chi connectivity index (χ1v) is 9.65. The molecule has 3 aromatic rings. The Hall–Kier alpha value is -2.71. The van der Waals surface area contributed by atoms with Crippen LogP contribution in [0.5, 0.6) is 5.75 Å². The van der Waals surface area contributed by atoms with E-state index in [0.29, 0.717) is 21.9 Å². The molecule has 0 aliphatic rings. The van der Waals surface area contributed by atoms with E-state index in [1.54, 1.807) is 60.7 Å². The van der Waals surface area contributed by atoms with E-state index in [0.717, 1.165) is 9.13 Å². The van der Waals surface area contributed by atoms with Gasteiger partial charge in [0.25, 0.3) is 5.91 Å². The summed E-state index contributed by atoms with van der Waals surface area (Å²) < 4.78 is 6.20. The topological polar surface area (TPSA) is 67.8 Å². The summed E-state index contributed by atoms with van der Waals surface area (Å²) in [5.41, 5.74) is 4.01. The van der Waals surface area contributed by atoms with Crippen LogP contribution in [0.4, 0.5) is 0 Å². The SMILES string of the molecule is O=C(N/N=C\c1ccc(OC(=O)c2ccccc2I)cc1)c1ccccc1Cl. The number of hydrogen-bond acceptors (Lipinski definition) is 4. The Balaban J connectivity index is 1.59. The summed E-state index contributed by atoms with van der Waals surface area (Å²) in [6, 6.07) is 20.7. The molecule has 0 bridgehead atoms. The van der Waals surface area contributed by atoms with Crippen LogP contribution in [0.3, 0.4) is 0 Å². The molecule has 0 aliphatic heterocycles. The van der Waals surface area contributed by atoms with Crippen LogP contribution in [0.2, 0.25) is 5.02 Å². The van der Waals surface area contributed by atoms with E-state index < -0.39 is 11.9 Å². The molecule has 0 aliphatic carbocycles. The zero-order valence-electron chi connectivity index (χ0n) is 14.4. The average molecular weight is 505 g/mol. The molecule has 1 N–H and O–H groups in total. The first kappa shape index (κ1) is 20.0. The van der Waals surface area contributed by atoms with Crippen LogP contribution in [-0.4, -0.2) is 18.1 Å². The molecule has 0 heterocycles. The highest BCUT2D eigenvalue weighted by Gasteiger charge is 2.11. The lowest BCUT2D eigenvalue weighted by molar-refractivity contribution is 0.0733. The minimum Gasteiger partial charge on any atom is -0.423 e. The number of hydrazone groups is 1. The molecule has 0 fully saturated rings. The normalized spacial score (nSPS) is 10.6. The molecular formula is C21H14ClIN2O3. The molecule has 0 radical (unpaired) electrons. The highest BCUT2D eigenvalue weighted by Crippen LogP contribution is 2.17. The number of rotatable bonds is 5. The lowest BCUT2D eigenvalue weighted by atomic mass is 10.2. The van der Waals surface area contributed by atoms with Gasteiger partial charge in [-0.05, 0) is 76.7 Å². The molecule has 0 unspecified atom stereocenters. The zero-order valence-corrected chi connectivity index (χ0v) is 17.3. The average Bonchev–Trinajstić information content (AvgIpc) is 2.70. The number of ether oxygens (including phenoxy) is 1. The van der Waals surface area contributed by atoms with E-state index in [1.165, 1.54) is 6.21 Å². The second-order valence-electron chi connectivity index (χ2n) is 5.62. The largest absolute Gasteiger partial charge is 0.423 e. The zero-order chi connectivity index (χ0) is 19.9. The number of hydrogen-bond donors (Lipinski definition) is 1. The van der Waals surface area contributed by atoms with Crippen LogP contribution in [0, 0.1) is 3.57 Å². The first-order valence-electron chi connectivity index (χ1n) is 8.19. The first-order chi connectivity index (χ1) is 13.5. The highest BCUT2D eigenvalue weighted by molar-refractivity contribution is 14.1. The molecule has 0 atom stereocenters. The fourth-order valence-electron chi connectivity index (χ4n) is 2.28. The number of carbonyl (C=O) groups excluding carboxylic acids is 2. The summed E-state index contributed by atoms with van der Waals surface area (Å²) in [7, 11) is 0. The van der Waals surface area contributed by atoms with Crippen molar-refractivity contribution in [2.45, 2.75) is 0 Å². The number of carbonyl (C=O) groups is 2. The predicted molar refractivity (Wildman–Crippen MR) is 117 cm³/mol. The van der Waals surface area contributed by atoms with Gasteiger partial charge in [0.2, 0.25) is 0 Å². The number of nitrogens with one attached hydrogen (secondary N) is 1. The Kier molecular flexibility index (Phi) is 6.78.